The number of rotatable bonds is 16. The molecule has 182 valence electrons. The second kappa shape index (κ2) is 17.6. The third-order valence-corrected chi connectivity index (χ3v) is 6.81. The first-order chi connectivity index (χ1) is 14.6. The first-order valence-corrected chi connectivity index (χ1v) is 14.7. The predicted molar refractivity (Wildman–Crippen MR) is 128 cm³/mol. The molecular weight excluding hydrogens is 436 g/mol. The average molecular weight is 479 g/mol. The number of aryl methyl sites for hydroxylation is 1. The van der Waals surface area contributed by atoms with E-state index in [1.54, 1.807) is 12.1 Å². The highest BCUT2D eigenvalue weighted by Gasteiger charge is 2.13. The van der Waals surface area contributed by atoms with Gasteiger partial charge in [0.2, 0.25) is 0 Å². The van der Waals surface area contributed by atoms with Gasteiger partial charge in [-0.15, -0.1) is 0 Å². The van der Waals surface area contributed by atoms with Crippen LogP contribution in [0.5, 0.6) is 0 Å². The summed E-state index contributed by atoms with van der Waals surface area (Å²) in [6, 6.07) is 6.73. The van der Waals surface area contributed by atoms with E-state index in [9.17, 15) is 21.4 Å². The molecule has 31 heavy (non-hydrogen) atoms. The smallest absolute Gasteiger partial charge is 0.286 e. The van der Waals surface area contributed by atoms with E-state index in [0.717, 1.165) is 31.2 Å². The Morgan fingerprint density at radius 2 is 1.10 bits per heavy atom. The highest BCUT2D eigenvalue weighted by Crippen LogP contribution is 2.18. The summed E-state index contributed by atoms with van der Waals surface area (Å²) < 4.78 is 60.1. The van der Waals surface area contributed by atoms with E-state index in [2.05, 4.69) is 6.92 Å². The van der Waals surface area contributed by atoms with Crippen LogP contribution in [0.15, 0.2) is 29.2 Å². The summed E-state index contributed by atoms with van der Waals surface area (Å²) in [4.78, 5) is 0.0610. The Balaban J connectivity index is 0.000000842. The number of hydrogen-bond acceptors (Lipinski definition) is 4. The van der Waals surface area contributed by atoms with Crippen LogP contribution in [0, 0.1) is 0 Å². The quantitative estimate of drug-likeness (QED) is 0.208. The molecule has 0 atom stereocenters. The highest BCUT2D eigenvalue weighted by molar-refractivity contribution is 7.86. The summed E-state index contributed by atoms with van der Waals surface area (Å²) in [7, 11) is -7.79. The second-order valence-electron chi connectivity index (χ2n) is 8.01. The van der Waals surface area contributed by atoms with Crippen molar-refractivity contribution in [2.75, 3.05) is 5.75 Å². The molecule has 0 radical (unpaired) electrons. The SMILES string of the molecule is CCCCCCCCCCCCc1ccccc1S(=O)(=O)O.CCCCCS(=O)(=O)O. The predicted octanol–water partition coefficient (Wildman–Crippen LogP) is 6.46. The van der Waals surface area contributed by atoms with E-state index in [1.165, 1.54) is 57.4 Å². The van der Waals surface area contributed by atoms with Crippen LogP contribution in [0.3, 0.4) is 0 Å². The first kappa shape index (κ1) is 30.0. The van der Waals surface area contributed by atoms with Gasteiger partial charge in [0, 0.05) is 0 Å². The van der Waals surface area contributed by atoms with Gasteiger partial charge in [0.1, 0.15) is 0 Å². The largest absolute Gasteiger partial charge is 0.294 e. The van der Waals surface area contributed by atoms with E-state index in [0.29, 0.717) is 12.8 Å². The molecule has 0 aliphatic carbocycles. The van der Waals surface area contributed by atoms with Gasteiger partial charge in [-0.2, -0.15) is 16.8 Å². The molecule has 0 amide bonds. The van der Waals surface area contributed by atoms with Crippen molar-refractivity contribution in [1.82, 2.24) is 0 Å². The summed E-state index contributed by atoms with van der Waals surface area (Å²) in [5, 5.41) is 0. The average Bonchev–Trinajstić information content (AvgIpc) is 2.69. The minimum absolute atomic E-state index is 0.0610. The van der Waals surface area contributed by atoms with Gasteiger partial charge >= 0.3 is 0 Å². The standard InChI is InChI=1S/C18H30O3S.C5H12O3S/c1-2-3-4-5-6-7-8-9-10-11-14-17-15-12-13-16-18(17)22(19,20)21;1-2-3-4-5-9(6,7)8/h12-13,15-16H,2-11,14H2,1H3,(H,19,20,21);2-5H2,1H3,(H,6,7,8). The van der Waals surface area contributed by atoms with Crippen molar-refractivity contribution in [2.24, 2.45) is 0 Å². The minimum atomic E-state index is -4.10. The van der Waals surface area contributed by atoms with Crippen LogP contribution < -0.4 is 0 Å². The van der Waals surface area contributed by atoms with Gasteiger partial charge in [0.15, 0.2) is 0 Å². The Morgan fingerprint density at radius 3 is 1.58 bits per heavy atom. The molecule has 6 nitrogen and oxygen atoms in total. The molecule has 0 heterocycles. The molecule has 0 fully saturated rings. The van der Waals surface area contributed by atoms with Gasteiger partial charge in [-0.05, 0) is 30.9 Å². The van der Waals surface area contributed by atoms with Crippen molar-refractivity contribution in [3.05, 3.63) is 29.8 Å². The maximum absolute atomic E-state index is 11.3. The van der Waals surface area contributed by atoms with E-state index >= 15 is 0 Å². The molecule has 0 aliphatic heterocycles. The lowest BCUT2D eigenvalue weighted by Gasteiger charge is -2.07. The molecule has 0 bridgehead atoms. The highest BCUT2D eigenvalue weighted by atomic mass is 32.2. The first-order valence-electron chi connectivity index (χ1n) is 11.6. The van der Waals surface area contributed by atoms with Gasteiger partial charge < -0.3 is 0 Å². The molecule has 0 unspecified atom stereocenters. The molecule has 1 rings (SSSR count). The van der Waals surface area contributed by atoms with Crippen LogP contribution in [0.2, 0.25) is 0 Å². The van der Waals surface area contributed by atoms with Crippen molar-refractivity contribution in [3.8, 4) is 0 Å². The van der Waals surface area contributed by atoms with E-state index in [4.69, 9.17) is 4.55 Å². The zero-order valence-corrected chi connectivity index (χ0v) is 20.9. The molecule has 0 spiro atoms. The van der Waals surface area contributed by atoms with Crippen LogP contribution in [0.25, 0.3) is 0 Å². The maximum atomic E-state index is 11.3. The Bertz CT molecular complexity index is 773. The van der Waals surface area contributed by atoms with E-state index in [-0.39, 0.29) is 10.6 Å². The zero-order valence-electron chi connectivity index (χ0n) is 19.3. The summed E-state index contributed by atoms with van der Waals surface area (Å²) in [6.45, 7) is 4.21. The molecule has 0 saturated carbocycles. The molecular formula is C23H42O6S2. The molecule has 8 heteroatoms. The Morgan fingerprint density at radius 1 is 0.645 bits per heavy atom. The summed E-state index contributed by atoms with van der Waals surface area (Å²) in [6.07, 6.45) is 15.7. The second-order valence-corrected chi connectivity index (χ2v) is 11.0. The van der Waals surface area contributed by atoms with Gasteiger partial charge in [0.25, 0.3) is 20.2 Å². The van der Waals surface area contributed by atoms with Crippen LogP contribution >= 0.6 is 0 Å². The summed E-state index contributed by atoms with van der Waals surface area (Å²) in [5.41, 5.74) is 0.726. The van der Waals surface area contributed by atoms with Crippen molar-refractivity contribution < 1.29 is 25.9 Å². The van der Waals surface area contributed by atoms with Gasteiger partial charge in [-0.3, -0.25) is 9.11 Å². The summed E-state index contributed by atoms with van der Waals surface area (Å²) in [5.74, 6) is -0.0964. The minimum Gasteiger partial charge on any atom is -0.286 e. The lowest BCUT2D eigenvalue weighted by molar-refractivity contribution is 0.478. The fraction of sp³-hybridized carbons (Fsp3) is 0.739. The van der Waals surface area contributed by atoms with Crippen molar-refractivity contribution in [1.29, 1.82) is 0 Å². The molecule has 1 aromatic rings. The van der Waals surface area contributed by atoms with Crippen molar-refractivity contribution >= 4 is 20.2 Å². The fourth-order valence-corrected chi connectivity index (χ4v) is 4.62. The Hall–Kier alpha value is -0.960. The number of hydrogen-bond donors (Lipinski definition) is 2. The van der Waals surface area contributed by atoms with Crippen molar-refractivity contribution in [3.63, 3.8) is 0 Å². The maximum Gasteiger partial charge on any atom is 0.294 e. The number of benzene rings is 1. The summed E-state index contributed by atoms with van der Waals surface area (Å²) >= 11 is 0. The lowest BCUT2D eigenvalue weighted by atomic mass is 10.0. The van der Waals surface area contributed by atoms with Crippen LogP contribution in [-0.4, -0.2) is 31.7 Å². The fourth-order valence-electron chi connectivity index (χ4n) is 3.30. The molecule has 0 saturated heterocycles. The van der Waals surface area contributed by atoms with Crippen LogP contribution in [0.4, 0.5) is 0 Å². The third-order valence-electron chi connectivity index (χ3n) is 5.06. The van der Waals surface area contributed by atoms with E-state index in [1.807, 2.05) is 13.0 Å². The van der Waals surface area contributed by atoms with Crippen molar-refractivity contribution in [2.45, 2.75) is 109 Å². The Kier molecular flexibility index (Phi) is 17.0. The van der Waals surface area contributed by atoms with Gasteiger partial charge in [0.05, 0.1) is 10.6 Å². The Labute approximate surface area is 190 Å². The van der Waals surface area contributed by atoms with Gasteiger partial charge in [-0.25, -0.2) is 0 Å². The molecule has 0 aromatic heterocycles. The zero-order chi connectivity index (χ0) is 23.6. The monoisotopic (exact) mass is 478 g/mol. The lowest BCUT2D eigenvalue weighted by Crippen LogP contribution is -2.03. The normalized spacial score (nSPS) is 11.7. The van der Waals surface area contributed by atoms with E-state index < -0.39 is 20.2 Å². The van der Waals surface area contributed by atoms with Crippen LogP contribution in [-0.2, 0) is 26.7 Å². The molecule has 2 N–H and O–H groups in total. The molecule has 0 aliphatic rings. The topological polar surface area (TPSA) is 109 Å². The van der Waals surface area contributed by atoms with Gasteiger partial charge in [-0.1, -0.05) is 103 Å². The third kappa shape index (κ3) is 18.3. The van der Waals surface area contributed by atoms with Crippen LogP contribution in [0.1, 0.15) is 103 Å². The number of unbranched alkanes of at least 4 members (excludes halogenated alkanes) is 11. The molecule has 1 aromatic carbocycles.